The quantitative estimate of drug-likeness (QED) is 0.408. The molecule has 1 N–H and O–H groups in total. The van der Waals surface area contributed by atoms with E-state index in [-0.39, 0.29) is 52.3 Å². The van der Waals surface area contributed by atoms with Crippen LogP contribution in [0.4, 0.5) is 10.1 Å². The molecule has 2 fully saturated rings. The van der Waals surface area contributed by atoms with Gasteiger partial charge in [0.1, 0.15) is 10.7 Å². The number of hydrogen-bond donors (Lipinski definition) is 1. The van der Waals surface area contributed by atoms with Gasteiger partial charge in [-0.2, -0.15) is 4.31 Å². The number of benzene rings is 3. The highest BCUT2D eigenvalue weighted by Crippen LogP contribution is 2.36. The predicted molar refractivity (Wildman–Crippen MR) is 156 cm³/mol. The Balaban J connectivity index is 1.25. The number of nitrogens with zero attached hydrogens (tertiary/aromatic N) is 3. The summed E-state index contributed by atoms with van der Waals surface area (Å²) in [5.41, 5.74) is 2.17. The first-order valence-electron chi connectivity index (χ1n) is 13.2. The van der Waals surface area contributed by atoms with Crippen molar-refractivity contribution in [3.63, 3.8) is 0 Å². The Kier molecular flexibility index (Phi) is 8.68. The Morgan fingerprint density at radius 2 is 1.70 bits per heavy atom. The molecule has 2 saturated heterocycles. The normalized spacial score (nSPS) is 20.6. The molecule has 3 aromatic carbocycles. The molecule has 2 aliphatic rings. The lowest BCUT2D eigenvalue weighted by molar-refractivity contribution is 0.0943. The maximum absolute atomic E-state index is 13.5. The van der Waals surface area contributed by atoms with E-state index < -0.39 is 10.0 Å². The molecule has 2 atom stereocenters. The van der Waals surface area contributed by atoms with Crippen molar-refractivity contribution in [2.45, 2.75) is 17.4 Å². The van der Waals surface area contributed by atoms with Gasteiger partial charge < -0.3 is 10.2 Å². The van der Waals surface area contributed by atoms with Gasteiger partial charge in [0.15, 0.2) is 0 Å². The summed E-state index contributed by atoms with van der Waals surface area (Å²) in [5.74, 6) is -0.492. The van der Waals surface area contributed by atoms with Gasteiger partial charge in [0.2, 0.25) is 10.0 Å². The number of sulfonamides is 1. The minimum Gasteiger partial charge on any atom is -0.369 e. The van der Waals surface area contributed by atoms with Gasteiger partial charge in [0.25, 0.3) is 5.91 Å². The largest absolute Gasteiger partial charge is 0.369 e. The molecule has 0 saturated carbocycles. The Bertz CT molecular complexity index is 1480. The van der Waals surface area contributed by atoms with Crippen LogP contribution in [0.15, 0.2) is 71.6 Å². The molecular weight excluding hydrogens is 574 g/mol. The molecule has 212 valence electrons. The minimum atomic E-state index is -3.93. The second kappa shape index (κ2) is 12.0. The number of amides is 1. The maximum atomic E-state index is 13.5. The van der Waals surface area contributed by atoms with Crippen molar-refractivity contribution < 1.29 is 17.6 Å². The lowest BCUT2D eigenvalue weighted by atomic mass is 9.93. The number of hydrogen-bond acceptors (Lipinski definition) is 5. The zero-order valence-corrected chi connectivity index (χ0v) is 24.4. The molecule has 40 heavy (non-hydrogen) atoms. The van der Waals surface area contributed by atoms with Gasteiger partial charge in [0.05, 0.1) is 5.02 Å². The van der Waals surface area contributed by atoms with E-state index in [2.05, 4.69) is 17.3 Å². The Morgan fingerprint density at radius 3 is 2.40 bits per heavy atom. The first kappa shape index (κ1) is 28.8. The van der Waals surface area contributed by atoms with Crippen molar-refractivity contribution in [2.24, 2.45) is 5.92 Å². The van der Waals surface area contributed by atoms with E-state index in [1.54, 1.807) is 18.2 Å². The summed E-state index contributed by atoms with van der Waals surface area (Å²) >= 11 is 12.6. The number of rotatable bonds is 7. The van der Waals surface area contributed by atoms with E-state index in [4.69, 9.17) is 23.2 Å². The molecule has 2 heterocycles. The van der Waals surface area contributed by atoms with Crippen LogP contribution >= 0.6 is 23.2 Å². The van der Waals surface area contributed by atoms with E-state index in [9.17, 15) is 17.6 Å². The summed E-state index contributed by atoms with van der Waals surface area (Å²) in [5, 5.41) is 3.74. The molecule has 0 spiro atoms. The lowest BCUT2D eigenvalue weighted by Gasteiger charge is -2.35. The zero-order chi connectivity index (χ0) is 28.4. The molecule has 0 aromatic heterocycles. The summed E-state index contributed by atoms with van der Waals surface area (Å²) in [6.45, 7) is 2.73. The highest BCUT2D eigenvalue weighted by atomic mass is 35.5. The minimum absolute atomic E-state index is 0.0657. The number of carbonyl (C=O) groups is 1. The van der Waals surface area contributed by atoms with Crippen LogP contribution in [-0.4, -0.2) is 69.8 Å². The van der Waals surface area contributed by atoms with Crippen molar-refractivity contribution in [1.29, 1.82) is 0 Å². The fourth-order valence-corrected chi connectivity index (χ4v) is 7.72. The van der Waals surface area contributed by atoms with Crippen LogP contribution in [0.5, 0.6) is 0 Å². The van der Waals surface area contributed by atoms with Crippen LogP contribution in [0.25, 0.3) is 0 Å². The van der Waals surface area contributed by atoms with Crippen molar-refractivity contribution in [3.8, 4) is 0 Å². The second-order valence-electron chi connectivity index (χ2n) is 10.3. The highest BCUT2D eigenvalue weighted by Gasteiger charge is 2.34. The SMILES string of the molecule is CN1CCC(CNC(=O)c2ccc(Cl)c(S(=O)(=O)N3CCN(c4ccc(F)cc4)CC3)c2)C1c1cccc(Cl)c1. The lowest BCUT2D eigenvalue weighted by Crippen LogP contribution is -2.48. The van der Waals surface area contributed by atoms with E-state index in [1.807, 2.05) is 29.2 Å². The molecule has 7 nitrogen and oxygen atoms in total. The molecule has 0 bridgehead atoms. The average Bonchev–Trinajstić information content (AvgIpc) is 3.32. The molecule has 3 aromatic rings. The van der Waals surface area contributed by atoms with Crippen LogP contribution in [0.3, 0.4) is 0 Å². The van der Waals surface area contributed by atoms with Gasteiger partial charge >= 0.3 is 0 Å². The smallest absolute Gasteiger partial charge is 0.251 e. The summed E-state index contributed by atoms with van der Waals surface area (Å²) in [4.78, 5) is 17.3. The molecule has 1 amide bonds. The second-order valence-corrected chi connectivity index (χ2v) is 13.0. The average molecular weight is 606 g/mol. The maximum Gasteiger partial charge on any atom is 0.251 e. The molecule has 11 heteroatoms. The third-order valence-corrected chi connectivity index (χ3v) is 10.3. The standard InChI is InChI=1S/C29H31Cl2FN4O3S/c1-34-12-11-22(28(34)20-3-2-4-23(30)17-20)19-33-29(37)21-5-10-26(31)27(18-21)40(38,39)36-15-13-35(14-16-36)25-8-6-24(32)7-9-25/h2-10,17-18,22,28H,11-16,19H2,1H3,(H,33,37). The van der Waals surface area contributed by atoms with Crippen molar-refractivity contribution in [1.82, 2.24) is 14.5 Å². The monoisotopic (exact) mass is 604 g/mol. The van der Waals surface area contributed by atoms with Crippen LogP contribution in [0.2, 0.25) is 10.0 Å². The van der Waals surface area contributed by atoms with Crippen LogP contribution in [0, 0.1) is 11.7 Å². The molecule has 5 rings (SSSR count). The van der Waals surface area contributed by atoms with Gasteiger partial charge in [-0.15, -0.1) is 0 Å². The Hall–Kier alpha value is -2.69. The number of piperazine rings is 1. The number of likely N-dealkylation sites (tertiary alicyclic amines) is 1. The predicted octanol–water partition coefficient (Wildman–Crippen LogP) is 5.07. The van der Waals surface area contributed by atoms with E-state index in [0.29, 0.717) is 24.7 Å². The number of carbonyl (C=O) groups excluding carboxylic acids is 1. The number of nitrogens with one attached hydrogen (secondary N) is 1. The van der Waals surface area contributed by atoms with Crippen molar-refractivity contribution in [2.75, 3.05) is 51.2 Å². The Labute approximate surface area is 244 Å². The third kappa shape index (κ3) is 6.14. The summed E-state index contributed by atoms with van der Waals surface area (Å²) < 4.78 is 41.7. The third-order valence-electron chi connectivity index (χ3n) is 7.73. The van der Waals surface area contributed by atoms with Gasteiger partial charge in [-0.1, -0.05) is 35.3 Å². The topological polar surface area (TPSA) is 73.0 Å². The van der Waals surface area contributed by atoms with E-state index in [0.717, 1.165) is 24.2 Å². The molecule has 0 radical (unpaired) electrons. The van der Waals surface area contributed by atoms with Crippen molar-refractivity contribution in [3.05, 3.63) is 93.7 Å². The fourth-order valence-electron chi connectivity index (χ4n) is 5.60. The summed E-state index contributed by atoms with van der Waals surface area (Å²) in [6.07, 6.45) is 0.915. The number of anilines is 1. The van der Waals surface area contributed by atoms with Crippen LogP contribution in [0.1, 0.15) is 28.4 Å². The number of halogens is 3. The van der Waals surface area contributed by atoms with Gasteiger partial charge in [-0.3, -0.25) is 9.69 Å². The van der Waals surface area contributed by atoms with E-state index in [1.165, 1.54) is 28.6 Å². The molecule has 0 aliphatic carbocycles. The van der Waals surface area contributed by atoms with Gasteiger partial charge in [0, 0.05) is 55.0 Å². The summed E-state index contributed by atoms with van der Waals surface area (Å²) in [7, 11) is -1.87. The molecular formula is C29H31Cl2FN4O3S. The van der Waals surface area contributed by atoms with Crippen LogP contribution in [-0.2, 0) is 10.0 Å². The fraction of sp³-hybridized carbons (Fsp3) is 0.345. The zero-order valence-electron chi connectivity index (χ0n) is 22.1. The molecule has 2 unspecified atom stereocenters. The Morgan fingerprint density at radius 1 is 0.975 bits per heavy atom. The van der Waals surface area contributed by atoms with Crippen LogP contribution < -0.4 is 10.2 Å². The van der Waals surface area contributed by atoms with Crippen molar-refractivity contribution >= 4 is 44.8 Å². The summed E-state index contributed by atoms with van der Waals surface area (Å²) in [6, 6.07) is 18.4. The first-order chi connectivity index (χ1) is 19.1. The van der Waals surface area contributed by atoms with Gasteiger partial charge in [-0.05, 0) is 86.1 Å². The highest BCUT2D eigenvalue weighted by molar-refractivity contribution is 7.89. The molecule has 2 aliphatic heterocycles. The first-order valence-corrected chi connectivity index (χ1v) is 15.4. The van der Waals surface area contributed by atoms with Gasteiger partial charge in [-0.25, -0.2) is 12.8 Å². The van der Waals surface area contributed by atoms with E-state index >= 15 is 0 Å².